The lowest BCUT2D eigenvalue weighted by molar-refractivity contribution is -0.129. The van der Waals surface area contributed by atoms with E-state index in [0.29, 0.717) is 11.4 Å². The highest BCUT2D eigenvalue weighted by Gasteiger charge is 2.41. The molecule has 3 aromatic rings. The van der Waals surface area contributed by atoms with E-state index in [1.165, 1.54) is 6.07 Å². The van der Waals surface area contributed by atoms with Crippen LogP contribution in [0.5, 0.6) is 0 Å². The quantitative estimate of drug-likeness (QED) is 0.641. The van der Waals surface area contributed by atoms with Gasteiger partial charge in [-0.3, -0.25) is 9.78 Å². The fraction of sp³-hybridized carbons (Fsp3) is 0.304. The van der Waals surface area contributed by atoms with E-state index in [1.54, 1.807) is 18.3 Å². The van der Waals surface area contributed by atoms with Crippen LogP contribution in [-0.2, 0) is 11.2 Å². The molecule has 1 aliphatic carbocycles. The minimum absolute atomic E-state index is 0.244. The molecule has 5 heteroatoms. The zero-order valence-corrected chi connectivity index (χ0v) is 16.3. The van der Waals surface area contributed by atoms with Crippen molar-refractivity contribution in [2.24, 2.45) is 11.1 Å². The van der Waals surface area contributed by atoms with Crippen molar-refractivity contribution in [1.82, 2.24) is 4.98 Å². The number of nitrogens with zero attached hydrogens (tertiary/aromatic N) is 1. The van der Waals surface area contributed by atoms with E-state index in [1.807, 2.05) is 30.3 Å². The third kappa shape index (κ3) is 3.61. The van der Waals surface area contributed by atoms with Gasteiger partial charge < -0.3 is 5.73 Å². The standard InChI is InChI=1S/C23H22ClFN2O/c24-17-3-1-15(2-4-17)14-23(22(26)28)10-7-16(8-11-23)19-9-12-27-21-6-5-18(25)13-20(19)21/h1-6,9,12-13,16H,7-8,10-11,14H2,(H2,26,28). The smallest absolute Gasteiger partial charge is 0.223 e. The molecule has 0 aliphatic heterocycles. The lowest BCUT2D eigenvalue weighted by Crippen LogP contribution is -2.41. The van der Waals surface area contributed by atoms with Gasteiger partial charge in [-0.2, -0.15) is 0 Å². The van der Waals surface area contributed by atoms with E-state index >= 15 is 0 Å². The van der Waals surface area contributed by atoms with Crippen molar-refractivity contribution in [2.75, 3.05) is 0 Å². The van der Waals surface area contributed by atoms with Crippen LogP contribution in [0.3, 0.4) is 0 Å². The molecule has 1 aliphatic rings. The number of aromatic nitrogens is 1. The highest BCUT2D eigenvalue weighted by molar-refractivity contribution is 6.30. The van der Waals surface area contributed by atoms with Gasteiger partial charge in [-0.15, -0.1) is 0 Å². The van der Waals surface area contributed by atoms with Gasteiger partial charge in [0.2, 0.25) is 5.91 Å². The number of rotatable bonds is 4. The summed E-state index contributed by atoms with van der Waals surface area (Å²) in [4.78, 5) is 16.7. The predicted molar refractivity (Wildman–Crippen MR) is 110 cm³/mol. The summed E-state index contributed by atoms with van der Waals surface area (Å²) < 4.78 is 13.8. The normalized spacial score (nSPS) is 22.3. The molecule has 144 valence electrons. The summed E-state index contributed by atoms with van der Waals surface area (Å²) in [6.07, 6.45) is 5.51. The average molecular weight is 397 g/mol. The number of benzene rings is 2. The van der Waals surface area contributed by atoms with Crippen LogP contribution in [0.15, 0.2) is 54.7 Å². The van der Waals surface area contributed by atoms with Crippen LogP contribution in [0.4, 0.5) is 4.39 Å². The number of amides is 1. The monoisotopic (exact) mass is 396 g/mol. The summed E-state index contributed by atoms with van der Waals surface area (Å²) in [6, 6.07) is 14.3. The Kier molecular flexibility index (Phi) is 5.07. The highest BCUT2D eigenvalue weighted by atomic mass is 35.5. The number of primary amides is 1. The lowest BCUT2D eigenvalue weighted by atomic mass is 9.65. The first-order valence-corrected chi connectivity index (χ1v) is 9.93. The van der Waals surface area contributed by atoms with Crippen LogP contribution in [-0.4, -0.2) is 10.9 Å². The van der Waals surface area contributed by atoms with Gasteiger partial charge >= 0.3 is 0 Å². The first-order chi connectivity index (χ1) is 13.5. The Bertz CT molecular complexity index is 1010. The van der Waals surface area contributed by atoms with Crippen LogP contribution in [0, 0.1) is 11.2 Å². The van der Waals surface area contributed by atoms with Crippen LogP contribution in [0.1, 0.15) is 42.7 Å². The summed E-state index contributed by atoms with van der Waals surface area (Å²) >= 11 is 5.97. The summed E-state index contributed by atoms with van der Waals surface area (Å²) in [7, 11) is 0. The van der Waals surface area contributed by atoms with Crippen LogP contribution in [0.2, 0.25) is 5.02 Å². The molecule has 28 heavy (non-hydrogen) atoms. The van der Waals surface area contributed by atoms with Crippen LogP contribution in [0.25, 0.3) is 10.9 Å². The second-order valence-corrected chi connectivity index (χ2v) is 8.22. The van der Waals surface area contributed by atoms with Crippen molar-refractivity contribution in [3.8, 4) is 0 Å². The SMILES string of the molecule is NC(=O)C1(Cc2ccc(Cl)cc2)CCC(c2ccnc3ccc(F)cc23)CC1. The fourth-order valence-electron chi connectivity index (χ4n) is 4.48. The van der Waals surface area contributed by atoms with Crippen molar-refractivity contribution in [3.63, 3.8) is 0 Å². The zero-order valence-electron chi connectivity index (χ0n) is 15.5. The average Bonchev–Trinajstić information content (AvgIpc) is 2.70. The number of fused-ring (bicyclic) bond motifs is 1. The molecule has 2 N–H and O–H groups in total. The number of hydrogen-bond acceptors (Lipinski definition) is 2. The van der Waals surface area contributed by atoms with Gasteiger partial charge in [0.25, 0.3) is 0 Å². The van der Waals surface area contributed by atoms with E-state index in [9.17, 15) is 9.18 Å². The molecule has 1 fully saturated rings. The topological polar surface area (TPSA) is 56.0 Å². The molecular formula is C23H22ClFN2O. The number of halogens is 2. The number of carbonyl (C=O) groups excluding carboxylic acids is 1. The van der Waals surface area contributed by atoms with Crippen molar-refractivity contribution in [1.29, 1.82) is 0 Å². The van der Waals surface area contributed by atoms with Gasteiger partial charge in [0.05, 0.1) is 10.9 Å². The van der Waals surface area contributed by atoms with Crippen LogP contribution >= 0.6 is 11.6 Å². The zero-order chi connectivity index (χ0) is 19.7. The second kappa shape index (κ2) is 7.51. The van der Waals surface area contributed by atoms with E-state index < -0.39 is 5.41 Å². The van der Waals surface area contributed by atoms with E-state index in [4.69, 9.17) is 17.3 Å². The molecule has 2 aromatic carbocycles. The third-order valence-electron chi connectivity index (χ3n) is 6.10. The minimum atomic E-state index is -0.543. The number of pyridine rings is 1. The number of hydrogen-bond donors (Lipinski definition) is 1. The Morgan fingerprint density at radius 3 is 2.54 bits per heavy atom. The molecule has 1 saturated carbocycles. The minimum Gasteiger partial charge on any atom is -0.369 e. The highest BCUT2D eigenvalue weighted by Crippen LogP contribution is 2.46. The Hall–Kier alpha value is -2.46. The van der Waals surface area contributed by atoms with E-state index in [-0.39, 0.29) is 17.6 Å². The van der Waals surface area contributed by atoms with Gasteiger partial charge in [-0.05, 0) is 85.5 Å². The Morgan fingerprint density at radius 2 is 1.86 bits per heavy atom. The van der Waals surface area contributed by atoms with Gasteiger partial charge in [0.1, 0.15) is 5.82 Å². The van der Waals surface area contributed by atoms with Gasteiger partial charge in [0.15, 0.2) is 0 Å². The molecule has 1 amide bonds. The molecule has 4 rings (SSSR count). The first-order valence-electron chi connectivity index (χ1n) is 9.55. The number of nitrogens with two attached hydrogens (primary N) is 1. The number of carbonyl (C=O) groups is 1. The molecule has 0 atom stereocenters. The molecule has 3 nitrogen and oxygen atoms in total. The van der Waals surface area contributed by atoms with Crippen molar-refractivity contribution in [3.05, 3.63) is 76.7 Å². The molecule has 0 spiro atoms. The lowest BCUT2D eigenvalue weighted by Gasteiger charge is -2.38. The second-order valence-electron chi connectivity index (χ2n) is 7.78. The third-order valence-corrected chi connectivity index (χ3v) is 6.35. The summed E-state index contributed by atoms with van der Waals surface area (Å²) in [5.74, 6) is -0.233. The first kappa shape index (κ1) is 18.9. The van der Waals surface area contributed by atoms with Crippen molar-refractivity contribution in [2.45, 2.75) is 38.0 Å². The molecule has 0 saturated heterocycles. The Morgan fingerprint density at radius 1 is 1.14 bits per heavy atom. The molecule has 1 heterocycles. The Balaban J connectivity index is 1.58. The van der Waals surface area contributed by atoms with E-state index in [2.05, 4.69) is 4.98 Å². The summed E-state index contributed by atoms with van der Waals surface area (Å²) in [6.45, 7) is 0. The van der Waals surface area contributed by atoms with Crippen molar-refractivity contribution >= 4 is 28.4 Å². The largest absolute Gasteiger partial charge is 0.369 e. The van der Waals surface area contributed by atoms with Gasteiger partial charge in [0, 0.05) is 16.6 Å². The maximum atomic E-state index is 13.8. The van der Waals surface area contributed by atoms with Crippen LogP contribution < -0.4 is 5.73 Å². The molecule has 1 aromatic heterocycles. The fourth-order valence-corrected chi connectivity index (χ4v) is 4.61. The molecule has 0 bridgehead atoms. The molecular weight excluding hydrogens is 375 g/mol. The van der Waals surface area contributed by atoms with E-state index in [0.717, 1.165) is 47.7 Å². The molecule has 0 radical (unpaired) electrons. The maximum Gasteiger partial charge on any atom is 0.223 e. The molecule has 0 unspecified atom stereocenters. The van der Waals surface area contributed by atoms with Gasteiger partial charge in [-0.25, -0.2) is 4.39 Å². The van der Waals surface area contributed by atoms with Gasteiger partial charge in [-0.1, -0.05) is 23.7 Å². The Labute approximate surface area is 168 Å². The summed E-state index contributed by atoms with van der Waals surface area (Å²) in [5.41, 5.74) is 8.28. The van der Waals surface area contributed by atoms with Crippen molar-refractivity contribution < 1.29 is 9.18 Å². The summed E-state index contributed by atoms with van der Waals surface area (Å²) in [5, 5.41) is 1.54. The predicted octanol–water partition coefficient (Wildman–Crippen LogP) is 5.40. The maximum absolute atomic E-state index is 13.8.